The third kappa shape index (κ3) is 4.23. The maximum atomic E-state index is 6.56. The Bertz CT molecular complexity index is 1620. The monoisotopic (exact) mass is 545 g/mol. The van der Waals surface area contributed by atoms with Gasteiger partial charge >= 0.3 is 14.2 Å². The molecule has 0 N–H and O–H groups in total. The Morgan fingerprint density at radius 3 is 1.14 bits per heavy atom. The van der Waals surface area contributed by atoms with Crippen molar-refractivity contribution in [3.63, 3.8) is 0 Å². The Kier molecular flexibility index (Phi) is 6.66. The number of hydrogen-bond donors (Lipinski definition) is 0. The molecule has 0 saturated carbocycles. The molecule has 1 aromatic heterocycles. The Labute approximate surface area is 256 Å². The summed E-state index contributed by atoms with van der Waals surface area (Å²) in [5.41, 5.74) is 3.08. The molecule has 0 atom stereocenters. The molecule has 3 heterocycles. The van der Waals surface area contributed by atoms with Gasteiger partial charge in [0.1, 0.15) is 39.2 Å². The van der Waals surface area contributed by atoms with Crippen molar-refractivity contribution in [2.75, 3.05) is 0 Å². The van der Waals surface area contributed by atoms with Crippen LogP contribution in [0, 0.1) is 0 Å². The number of rotatable bonds is 3. The van der Waals surface area contributed by atoms with E-state index in [1.165, 1.54) is 0 Å². The van der Waals surface area contributed by atoms with Gasteiger partial charge in [0.2, 0.25) is 0 Å². The fourth-order valence-electron chi connectivity index (χ4n) is 5.63. The molecule has 4 aromatic rings. The minimum Gasteiger partial charge on any atom is -0.399 e. The van der Waals surface area contributed by atoms with Gasteiger partial charge in [0.25, 0.3) is 0 Å². The molecule has 0 amide bonds. The van der Waals surface area contributed by atoms with Crippen LogP contribution in [-0.4, -0.2) is 80.4 Å². The maximum absolute atomic E-state index is 6.56. The van der Waals surface area contributed by atoms with Crippen LogP contribution in [0.25, 0.3) is 27.5 Å². The van der Waals surface area contributed by atoms with Crippen LogP contribution in [0.2, 0.25) is 0 Å². The maximum Gasteiger partial charge on any atom is 0.494 e. The highest BCUT2D eigenvalue weighted by Crippen LogP contribution is 2.39. The Balaban J connectivity index is 1.61. The number of benzene rings is 3. The van der Waals surface area contributed by atoms with E-state index in [1.807, 2.05) is 84.2 Å². The van der Waals surface area contributed by atoms with Gasteiger partial charge in [-0.15, -0.1) is 16.4 Å². The van der Waals surface area contributed by atoms with Crippen LogP contribution < -0.4 is 38.2 Å². The van der Waals surface area contributed by atoms with Gasteiger partial charge in [-0.25, -0.2) is 0 Å². The topological polar surface area (TPSA) is 41.9 Å². The smallest absolute Gasteiger partial charge is 0.399 e. The van der Waals surface area contributed by atoms with Gasteiger partial charge in [0, 0.05) is 16.5 Å². The zero-order valence-corrected chi connectivity index (χ0v) is 25.6. The Morgan fingerprint density at radius 2 is 0.810 bits per heavy atom. The molecule has 200 valence electrons. The summed E-state index contributed by atoms with van der Waals surface area (Å²) < 4.78 is 27.5. The molecule has 6 rings (SSSR count). The van der Waals surface area contributed by atoms with Gasteiger partial charge in [0.15, 0.2) is 0 Å². The molecule has 10 radical (unpaired) electrons. The summed E-state index contributed by atoms with van der Waals surface area (Å²) in [7, 11) is 30.8. The summed E-state index contributed by atoms with van der Waals surface area (Å²) in [4.78, 5) is 0. The van der Waals surface area contributed by atoms with Gasteiger partial charge in [-0.1, -0.05) is 35.2 Å². The van der Waals surface area contributed by atoms with Crippen LogP contribution >= 0.6 is 0 Å². The van der Waals surface area contributed by atoms with Gasteiger partial charge < -0.3 is 23.2 Å². The average molecular weight is 544 g/mol. The average Bonchev–Trinajstić information content (AvgIpc) is 3.43. The van der Waals surface area contributed by atoms with Crippen LogP contribution in [0.1, 0.15) is 55.4 Å². The van der Waals surface area contributed by atoms with Crippen LogP contribution in [0.15, 0.2) is 36.4 Å². The SMILES string of the molecule is [B]c1c([B])c([B])c(-n2c3ccc(B4OC(C)(C)C(C)(C)O4)cc3c3cc(B4OC(C)(C)C(C)(C)O4)ccc32)c([B])c1[B]. The second-order valence-electron chi connectivity index (χ2n) is 13.5. The van der Waals surface area contributed by atoms with Gasteiger partial charge in [-0.3, -0.25) is 0 Å². The normalized spacial score (nSPS) is 20.7. The first-order chi connectivity index (χ1) is 19.4. The first kappa shape index (κ1) is 29.8. The van der Waals surface area contributed by atoms with E-state index in [0.717, 1.165) is 32.7 Å². The first-order valence-corrected chi connectivity index (χ1v) is 14.2. The van der Waals surface area contributed by atoms with Crippen molar-refractivity contribution in [3.05, 3.63) is 36.4 Å². The Morgan fingerprint density at radius 1 is 0.500 bits per heavy atom. The fourth-order valence-corrected chi connectivity index (χ4v) is 5.63. The van der Waals surface area contributed by atoms with Gasteiger partial charge in [-0.05, 0) is 78.4 Å². The molecule has 12 heteroatoms. The molecule has 2 saturated heterocycles. The van der Waals surface area contributed by atoms with E-state index in [4.69, 9.17) is 57.8 Å². The number of hydrogen-bond acceptors (Lipinski definition) is 4. The minimum absolute atomic E-state index is 0.167. The van der Waals surface area contributed by atoms with E-state index in [0.29, 0.717) is 5.69 Å². The predicted molar refractivity (Wildman–Crippen MR) is 179 cm³/mol. The lowest BCUT2D eigenvalue weighted by Crippen LogP contribution is -2.56. The number of fused-ring (bicyclic) bond motifs is 3. The molecular weight excluding hydrogens is 514 g/mol. The minimum atomic E-state index is -0.540. The fraction of sp³-hybridized carbons (Fsp3) is 0.400. The lowest BCUT2D eigenvalue weighted by Gasteiger charge is -2.32. The summed E-state index contributed by atoms with van der Waals surface area (Å²) in [6.45, 7) is 16.3. The number of aromatic nitrogens is 1. The largest absolute Gasteiger partial charge is 0.494 e. The van der Waals surface area contributed by atoms with E-state index < -0.39 is 36.6 Å². The summed E-state index contributed by atoms with van der Waals surface area (Å²) in [5, 5.41) is 1.87. The van der Waals surface area contributed by atoms with Crippen molar-refractivity contribution in [2.24, 2.45) is 0 Å². The van der Waals surface area contributed by atoms with Gasteiger partial charge in [0.05, 0.1) is 33.4 Å². The molecule has 0 unspecified atom stereocenters. The zero-order chi connectivity index (χ0) is 30.7. The summed E-state index contributed by atoms with van der Waals surface area (Å²) in [6, 6.07) is 12.2. The highest BCUT2D eigenvalue weighted by atomic mass is 16.7. The van der Waals surface area contributed by atoms with E-state index in [-0.39, 0.29) is 27.3 Å². The molecule has 0 bridgehead atoms. The molecule has 2 fully saturated rings. The summed E-state index contributed by atoms with van der Waals surface area (Å²) in [6.07, 6.45) is 0. The first-order valence-electron chi connectivity index (χ1n) is 14.2. The van der Waals surface area contributed by atoms with E-state index >= 15 is 0 Å². The van der Waals surface area contributed by atoms with Gasteiger partial charge in [-0.2, -0.15) is 0 Å². The van der Waals surface area contributed by atoms with E-state index in [2.05, 4.69) is 12.1 Å². The highest BCUT2D eigenvalue weighted by Gasteiger charge is 2.53. The van der Waals surface area contributed by atoms with Crippen molar-refractivity contribution in [1.82, 2.24) is 4.57 Å². The lowest BCUT2D eigenvalue weighted by molar-refractivity contribution is 0.00578. The Hall–Kier alpha value is -2.25. The highest BCUT2D eigenvalue weighted by molar-refractivity contribution is 6.68. The van der Waals surface area contributed by atoms with Crippen molar-refractivity contribution >= 4 is 114 Å². The second-order valence-corrected chi connectivity index (χ2v) is 13.5. The quantitative estimate of drug-likeness (QED) is 0.322. The molecule has 0 spiro atoms. The van der Waals surface area contributed by atoms with Crippen LogP contribution in [0.4, 0.5) is 0 Å². The van der Waals surface area contributed by atoms with Crippen LogP contribution in [0.5, 0.6) is 0 Å². The summed E-state index contributed by atoms with van der Waals surface area (Å²) in [5.74, 6) is 0. The van der Waals surface area contributed by atoms with Crippen LogP contribution in [-0.2, 0) is 18.6 Å². The molecular formula is C30H30B7NO4. The number of nitrogens with zero attached hydrogens (tertiary/aromatic N) is 1. The third-order valence-corrected chi connectivity index (χ3v) is 9.76. The third-order valence-electron chi connectivity index (χ3n) is 9.76. The van der Waals surface area contributed by atoms with E-state index in [9.17, 15) is 0 Å². The van der Waals surface area contributed by atoms with Crippen LogP contribution in [0.3, 0.4) is 0 Å². The van der Waals surface area contributed by atoms with Crippen molar-refractivity contribution in [3.8, 4) is 5.69 Å². The molecule has 42 heavy (non-hydrogen) atoms. The zero-order valence-electron chi connectivity index (χ0n) is 25.6. The molecule has 2 aliphatic heterocycles. The molecule has 3 aromatic carbocycles. The molecule has 0 aliphatic carbocycles. The van der Waals surface area contributed by atoms with Crippen molar-refractivity contribution in [2.45, 2.75) is 77.8 Å². The van der Waals surface area contributed by atoms with Crippen molar-refractivity contribution < 1.29 is 18.6 Å². The lowest BCUT2D eigenvalue weighted by atomic mass is 9.61. The predicted octanol–water partition coefficient (Wildman–Crippen LogP) is -0.649. The van der Waals surface area contributed by atoms with E-state index in [1.54, 1.807) is 0 Å². The standard InChI is InChI=1S/C30H30B7NO4/c1-27(2)28(3,4)40-36(39-27)15-9-11-19-17(13-15)18-14-16(37-41-29(5,6)30(7,8)42-37)10-12-20(18)38(19)26-24(34)22(32)21(31)23(33)25(26)35/h9-14H,1-8H3. The molecule has 5 nitrogen and oxygen atoms in total. The second kappa shape index (κ2) is 9.38. The summed E-state index contributed by atoms with van der Waals surface area (Å²) >= 11 is 0. The van der Waals surface area contributed by atoms with Crippen molar-refractivity contribution in [1.29, 1.82) is 0 Å². The molecule has 2 aliphatic rings.